The average Bonchev–Trinajstić information content (AvgIpc) is 3.00. The summed E-state index contributed by atoms with van der Waals surface area (Å²) in [4.78, 5) is 38.4. The van der Waals surface area contributed by atoms with Crippen LogP contribution in [0, 0.1) is 34.0 Å². The highest BCUT2D eigenvalue weighted by Crippen LogP contribution is 2.71. The molecule has 0 radical (unpaired) electrons. The molecular weight excluding hydrogens is 465 g/mol. The number of Topliss-reactive ketones (excluding diaryl/α,β-unsaturated/α-hetero) is 1. The number of allylic oxidation sites excluding steroid dienone is 4. The molecule has 0 aliphatic heterocycles. The van der Waals surface area contributed by atoms with Gasteiger partial charge in [0.2, 0.25) is 5.78 Å². The van der Waals surface area contributed by atoms with Gasteiger partial charge in [0.15, 0.2) is 17.1 Å². The van der Waals surface area contributed by atoms with Crippen LogP contribution < -0.4 is 5.32 Å². The van der Waals surface area contributed by atoms with Crippen molar-refractivity contribution in [3.63, 3.8) is 0 Å². The predicted molar refractivity (Wildman–Crippen MR) is 132 cm³/mol. The number of ether oxygens (including phenoxy) is 1. The Hall–Kier alpha value is -2.06. The Balaban J connectivity index is 1.76. The van der Waals surface area contributed by atoms with Crippen molar-refractivity contribution in [2.45, 2.75) is 84.6 Å². The maximum absolute atomic E-state index is 17.3. The third kappa shape index (κ3) is 3.54. The lowest BCUT2D eigenvalue weighted by molar-refractivity contribution is -0.219. The van der Waals surface area contributed by atoms with Gasteiger partial charge in [0.05, 0.1) is 6.10 Å². The molecule has 0 spiro atoms. The first-order chi connectivity index (χ1) is 16.6. The molecule has 0 aromatic carbocycles. The molecule has 3 N–H and O–H groups in total. The van der Waals surface area contributed by atoms with E-state index >= 15 is 4.39 Å². The number of nitrogens with one attached hydrogen (secondary N) is 1. The van der Waals surface area contributed by atoms with Gasteiger partial charge >= 0.3 is 6.09 Å². The van der Waals surface area contributed by atoms with Gasteiger partial charge in [-0.2, -0.15) is 0 Å². The fraction of sp³-hybridized carbons (Fsp3) is 0.750. The second-order valence-electron chi connectivity index (χ2n) is 13.0. The Morgan fingerprint density at radius 1 is 1.25 bits per heavy atom. The summed E-state index contributed by atoms with van der Waals surface area (Å²) in [5.41, 5.74) is -5.52. The number of amides is 1. The standard InChI is InChI=1S/C28H40FNO6/c1-16-11-20-19-8-7-17-12-18(32)9-10-25(17,5)27(19,29)21(33)13-26(20,6)28(16,22(34)14-31)36-23(35)30-15-24(2,3)4/h9-10,12,16,19-21,31,33H,7-8,11,13-15H2,1-6H3,(H,30,35)/t16-,19?,20?,21-,25-,26-,27?,28+/m0/s1. The number of alkyl carbamates (subject to hydrolysis) is 1. The number of hydrogen-bond acceptors (Lipinski definition) is 6. The highest BCUT2D eigenvalue weighted by molar-refractivity contribution is 6.01. The molecule has 200 valence electrons. The number of fused-ring (bicyclic) bond motifs is 5. The van der Waals surface area contributed by atoms with Crippen LogP contribution >= 0.6 is 0 Å². The van der Waals surface area contributed by atoms with Crippen LogP contribution in [0.3, 0.4) is 0 Å². The van der Waals surface area contributed by atoms with Crippen LogP contribution in [0.2, 0.25) is 0 Å². The Morgan fingerprint density at radius 2 is 1.92 bits per heavy atom. The van der Waals surface area contributed by atoms with E-state index in [0.717, 1.165) is 0 Å². The first-order valence-electron chi connectivity index (χ1n) is 13.0. The van der Waals surface area contributed by atoms with Crippen LogP contribution in [0.5, 0.6) is 0 Å². The minimum atomic E-state index is -2.05. The summed E-state index contributed by atoms with van der Waals surface area (Å²) in [6.07, 6.45) is 3.42. The second-order valence-corrected chi connectivity index (χ2v) is 13.0. The number of aliphatic hydroxyl groups excluding tert-OH is 2. The molecule has 4 aliphatic rings. The van der Waals surface area contributed by atoms with Gasteiger partial charge in [0, 0.05) is 29.2 Å². The number of carbonyl (C=O) groups is 3. The molecule has 1 amide bonds. The fourth-order valence-corrected chi connectivity index (χ4v) is 8.04. The molecule has 8 atom stereocenters. The zero-order chi connectivity index (χ0) is 26.9. The highest BCUT2D eigenvalue weighted by atomic mass is 19.1. The Kier molecular flexibility index (Phi) is 6.36. The summed E-state index contributed by atoms with van der Waals surface area (Å²) < 4.78 is 23.3. The first kappa shape index (κ1) is 27.0. The molecule has 3 fully saturated rings. The first-order valence-corrected chi connectivity index (χ1v) is 13.0. The van der Waals surface area contributed by atoms with E-state index in [4.69, 9.17) is 4.74 Å². The van der Waals surface area contributed by atoms with Gasteiger partial charge in [-0.05, 0) is 56.1 Å². The number of ketones is 2. The van der Waals surface area contributed by atoms with Crippen molar-refractivity contribution in [1.82, 2.24) is 5.32 Å². The average molecular weight is 506 g/mol. The SMILES string of the molecule is C[C@H]1CC2C3CCC4=CC(=O)C=C[C@]4(C)C3(F)[C@@H](O)C[C@]2(C)[C@]1(OC(=O)NCC(C)(C)C)C(=O)CO. The molecule has 0 aromatic rings. The van der Waals surface area contributed by atoms with Crippen LogP contribution in [-0.4, -0.2) is 58.4 Å². The molecule has 36 heavy (non-hydrogen) atoms. The zero-order valence-electron chi connectivity index (χ0n) is 22.2. The maximum Gasteiger partial charge on any atom is 0.408 e. The summed E-state index contributed by atoms with van der Waals surface area (Å²) >= 11 is 0. The largest absolute Gasteiger partial charge is 0.434 e. The maximum atomic E-state index is 17.3. The smallest absolute Gasteiger partial charge is 0.408 e. The van der Waals surface area contributed by atoms with Crippen LogP contribution in [-0.2, 0) is 14.3 Å². The lowest BCUT2D eigenvalue weighted by atomic mass is 9.44. The minimum Gasteiger partial charge on any atom is -0.434 e. The van der Waals surface area contributed by atoms with Gasteiger partial charge in [0.1, 0.15) is 6.61 Å². The van der Waals surface area contributed by atoms with E-state index < -0.39 is 58.5 Å². The number of hydrogen-bond donors (Lipinski definition) is 3. The summed E-state index contributed by atoms with van der Waals surface area (Å²) in [6, 6.07) is 0. The number of halogens is 1. The van der Waals surface area contributed by atoms with E-state index in [1.165, 1.54) is 12.2 Å². The van der Waals surface area contributed by atoms with Crippen LogP contribution in [0.1, 0.15) is 67.2 Å². The van der Waals surface area contributed by atoms with Gasteiger partial charge in [-0.15, -0.1) is 0 Å². The van der Waals surface area contributed by atoms with Crippen LogP contribution in [0.25, 0.3) is 0 Å². The third-order valence-electron chi connectivity index (χ3n) is 9.76. The number of carbonyl (C=O) groups excluding carboxylic acids is 3. The molecule has 0 bridgehead atoms. The molecule has 8 heteroatoms. The van der Waals surface area contributed by atoms with Gasteiger partial charge in [-0.1, -0.05) is 46.3 Å². The topological polar surface area (TPSA) is 113 Å². The van der Waals surface area contributed by atoms with Crippen molar-refractivity contribution in [2.24, 2.45) is 34.0 Å². The summed E-state index contributed by atoms with van der Waals surface area (Å²) in [6.45, 7) is 10.7. The van der Waals surface area contributed by atoms with Gasteiger partial charge < -0.3 is 20.3 Å². The lowest BCUT2D eigenvalue weighted by Gasteiger charge is -2.62. The number of alkyl halides is 1. The molecule has 3 saturated carbocycles. The number of aliphatic hydroxyl groups is 2. The molecule has 7 nitrogen and oxygen atoms in total. The molecule has 0 saturated heterocycles. The van der Waals surface area contributed by atoms with Crippen molar-refractivity contribution in [3.05, 3.63) is 23.8 Å². The van der Waals surface area contributed by atoms with Crippen molar-refractivity contribution in [3.8, 4) is 0 Å². The van der Waals surface area contributed by atoms with E-state index in [2.05, 4.69) is 5.32 Å². The Bertz CT molecular complexity index is 1030. The molecule has 4 aliphatic carbocycles. The number of rotatable bonds is 4. The zero-order valence-corrected chi connectivity index (χ0v) is 22.2. The van der Waals surface area contributed by atoms with Gasteiger partial charge in [-0.3, -0.25) is 9.59 Å². The minimum absolute atomic E-state index is 0.113. The second kappa shape index (κ2) is 8.48. The molecule has 0 heterocycles. The van der Waals surface area contributed by atoms with Crippen molar-refractivity contribution < 1.29 is 33.7 Å². The van der Waals surface area contributed by atoms with Crippen LogP contribution in [0.15, 0.2) is 23.8 Å². The highest BCUT2D eigenvalue weighted by Gasteiger charge is 2.77. The summed E-state index contributed by atoms with van der Waals surface area (Å²) in [5.74, 6) is -2.30. The summed E-state index contributed by atoms with van der Waals surface area (Å²) in [7, 11) is 0. The van der Waals surface area contributed by atoms with E-state index in [1.807, 2.05) is 20.8 Å². The van der Waals surface area contributed by atoms with Gasteiger partial charge in [0.25, 0.3) is 0 Å². The lowest BCUT2D eigenvalue weighted by Crippen LogP contribution is -2.70. The quantitative estimate of drug-likeness (QED) is 0.537. The van der Waals surface area contributed by atoms with Crippen molar-refractivity contribution >= 4 is 17.7 Å². The van der Waals surface area contributed by atoms with Crippen LogP contribution in [0.4, 0.5) is 9.18 Å². The molecule has 0 aromatic heterocycles. The monoisotopic (exact) mass is 505 g/mol. The van der Waals surface area contributed by atoms with Crippen molar-refractivity contribution in [1.29, 1.82) is 0 Å². The molecule has 4 rings (SSSR count). The Labute approximate surface area is 212 Å². The van der Waals surface area contributed by atoms with Gasteiger partial charge in [-0.25, -0.2) is 9.18 Å². The van der Waals surface area contributed by atoms with E-state index in [0.29, 0.717) is 31.4 Å². The van der Waals surface area contributed by atoms with E-state index in [-0.39, 0.29) is 23.5 Å². The van der Waals surface area contributed by atoms with Crippen molar-refractivity contribution in [2.75, 3.05) is 13.2 Å². The fourth-order valence-electron chi connectivity index (χ4n) is 8.04. The summed E-state index contributed by atoms with van der Waals surface area (Å²) in [5, 5.41) is 24.2. The predicted octanol–water partition coefficient (Wildman–Crippen LogP) is 3.68. The van der Waals surface area contributed by atoms with E-state index in [1.54, 1.807) is 26.8 Å². The molecule has 3 unspecified atom stereocenters. The molecular formula is C28H40FNO6. The third-order valence-corrected chi connectivity index (χ3v) is 9.76. The normalized spacial score (nSPS) is 43.7. The van der Waals surface area contributed by atoms with E-state index in [9.17, 15) is 24.6 Å². The Morgan fingerprint density at radius 3 is 2.53 bits per heavy atom.